The molecule has 2 N–H and O–H groups in total. The lowest BCUT2D eigenvalue weighted by molar-refractivity contribution is 0.908. The molecule has 2 heterocycles. The van der Waals surface area contributed by atoms with Crippen molar-refractivity contribution in [3.05, 3.63) is 45.2 Å². The first-order valence-electron chi connectivity index (χ1n) is 5.66. The zero-order valence-electron chi connectivity index (χ0n) is 9.77. The van der Waals surface area contributed by atoms with Gasteiger partial charge in [-0.3, -0.25) is 5.10 Å². The SMILES string of the molecule is CC(Nc1ccc2cn[nH]c2c1)c1cc(Br)cs1. The fourth-order valence-corrected chi connectivity index (χ4v) is 3.36. The van der Waals surface area contributed by atoms with Crippen molar-refractivity contribution >= 4 is 43.9 Å². The summed E-state index contributed by atoms with van der Waals surface area (Å²) >= 11 is 5.24. The van der Waals surface area contributed by atoms with Crippen LogP contribution in [0.3, 0.4) is 0 Å². The fourth-order valence-electron chi connectivity index (χ4n) is 1.90. The first-order chi connectivity index (χ1) is 8.72. The summed E-state index contributed by atoms with van der Waals surface area (Å²) in [6, 6.07) is 8.68. The van der Waals surface area contributed by atoms with Crippen LogP contribution in [0.4, 0.5) is 5.69 Å². The van der Waals surface area contributed by atoms with E-state index in [0.29, 0.717) is 6.04 Å². The second kappa shape index (κ2) is 4.74. The van der Waals surface area contributed by atoms with Crippen LogP contribution >= 0.6 is 27.3 Å². The van der Waals surface area contributed by atoms with Crippen molar-refractivity contribution < 1.29 is 0 Å². The summed E-state index contributed by atoms with van der Waals surface area (Å²) in [6.07, 6.45) is 1.83. The minimum Gasteiger partial charge on any atom is -0.378 e. The van der Waals surface area contributed by atoms with Gasteiger partial charge in [0, 0.05) is 25.8 Å². The van der Waals surface area contributed by atoms with Crippen molar-refractivity contribution in [1.29, 1.82) is 0 Å². The van der Waals surface area contributed by atoms with Gasteiger partial charge in [0.2, 0.25) is 0 Å². The quantitative estimate of drug-likeness (QED) is 0.742. The Balaban J connectivity index is 1.83. The van der Waals surface area contributed by atoms with E-state index in [0.717, 1.165) is 21.1 Å². The van der Waals surface area contributed by atoms with E-state index in [-0.39, 0.29) is 0 Å². The molecule has 0 aliphatic rings. The molecule has 0 aliphatic heterocycles. The van der Waals surface area contributed by atoms with E-state index < -0.39 is 0 Å². The number of benzene rings is 1. The van der Waals surface area contributed by atoms with Crippen LogP contribution in [0.2, 0.25) is 0 Å². The van der Waals surface area contributed by atoms with E-state index >= 15 is 0 Å². The van der Waals surface area contributed by atoms with Crippen molar-refractivity contribution in [2.45, 2.75) is 13.0 Å². The van der Waals surface area contributed by atoms with E-state index in [1.807, 2.05) is 6.20 Å². The number of halogens is 1. The predicted octanol–water partition coefficient (Wildman–Crippen LogP) is 4.56. The van der Waals surface area contributed by atoms with Gasteiger partial charge in [-0.2, -0.15) is 5.10 Å². The number of fused-ring (bicyclic) bond motifs is 1. The maximum atomic E-state index is 4.03. The van der Waals surface area contributed by atoms with Crippen LogP contribution in [0.1, 0.15) is 17.8 Å². The van der Waals surface area contributed by atoms with Crippen LogP contribution in [0.15, 0.2) is 40.3 Å². The monoisotopic (exact) mass is 321 g/mol. The number of nitrogens with zero attached hydrogens (tertiary/aromatic N) is 1. The van der Waals surface area contributed by atoms with E-state index in [4.69, 9.17) is 0 Å². The standard InChI is InChI=1S/C13H12BrN3S/c1-8(13-4-10(14)7-18-13)16-11-3-2-9-6-15-17-12(9)5-11/h2-8,16H,1H3,(H,15,17). The van der Waals surface area contributed by atoms with Crippen molar-refractivity contribution in [1.82, 2.24) is 10.2 Å². The Labute approximate surface area is 117 Å². The minimum absolute atomic E-state index is 0.293. The molecule has 1 unspecified atom stereocenters. The maximum Gasteiger partial charge on any atom is 0.0670 e. The molecule has 3 aromatic rings. The minimum atomic E-state index is 0.293. The third kappa shape index (κ3) is 2.28. The number of anilines is 1. The third-order valence-corrected chi connectivity index (χ3v) is 4.72. The zero-order valence-corrected chi connectivity index (χ0v) is 12.2. The van der Waals surface area contributed by atoms with Gasteiger partial charge >= 0.3 is 0 Å². The molecule has 0 radical (unpaired) electrons. The van der Waals surface area contributed by atoms with Crippen LogP contribution in [-0.2, 0) is 0 Å². The summed E-state index contributed by atoms with van der Waals surface area (Å²) in [4.78, 5) is 1.31. The number of H-pyrrole nitrogens is 1. The molecular formula is C13H12BrN3S. The molecule has 18 heavy (non-hydrogen) atoms. The Morgan fingerprint density at radius 2 is 2.28 bits per heavy atom. The molecule has 0 fully saturated rings. The zero-order chi connectivity index (χ0) is 12.5. The number of nitrogens with one attached hydrogen (secondary N) is 2. The Morgan fingerprint density at radius 3 is 3.06 bits per heavy atom. The molecule has 3 nitrogen and oxygen atoms in total. The van der Waals surface area contributed by atoms with Gasteiger partial charge in [0.15, 0.2) is 0 Å². The van der Waals surface area contributed by atoms with Gasteiger partial charge in [0.1, 0.15) is 0 Å². The lowest BCUT2D eigenvalue weighted by Crippen LogP contribution is -2.04. The molecule has 5 heteroatoms. The van der Waals surface area contributed by atoms with Gasteiger partial charge in [-0.15, -0.1) is 11.3 Å². The van der Waals surface area contributed by atoms with Crippen molar-refractivity contribution in [3.8, 4) is 0 Å². The number of aromatic amines is 1. The molecule has 0 amide bonds. The Morgan fingerprint density at radius 1 is 1.39 bits per heavy atom. The topological polar surface area (TPSA) is 40.7 Å². The average molecular weight is 322 g/mol. The van der Waals surface area contributed by atoms with Gasteiger partial charge in [0.05, 0.1) is 17.8 Å². The lowest BCUT2D eigenvalue weighted by atomic mass is 10.2. The first kappa shape index (κ1) is 11.7. The Hall–Kier alpha value is -1.33. The van der Waals surface area contributed by atoms with E-state index in [2.05, 4.69) is 68.0 Å². The highest BCUT2D eigenvalue weighted by Gasteiger charge is 2.08. The van der Waals surface area contributed by atoms with Crippen molar-refractivity contribution in [3.63, 3.8) is 0 Å². The summed E-state index contributed by atoms with van der Waals surface area (Å²) in [5.41, 5.74) is 2.16. The fraction of sp³-hybridized carbons (Fsp3) is 0.154. The third-order valence-electron chi connectivity index (χ3n) is 2.84. The van der Waals surface area contributed by atoms with Crippen LogP contribution in [0.5, 0.6) is 0 Å². The van der Waals surface area contributed by atoms with Gasteiger partial charge < -0.3 is 5.32 Å². The Kier molecular flexibility index (Phi) is 3.09. The molecule has 0 spiro atoms. The number of aromatic nitrogens is 2. The molecule has 0 bridgehead atoms. The predicted molar refractivity (Wildman–Crippen MR) is 80.2 cm³/mol. The molecule has 1 aromatic carbocycles. The van der Waals surface area contributed by atoms with Crippen molar-refractivity contribution in [2.75, 3.05) is 5.32 Å². The Bertz CT molecular complexity index is 673. The van der Waals surface area contributed by atoms with Gasteiger partial charge in [-0.05, 0) is 47.1 Å². The van der Waals surface area contributed by atoms with Gasteiger partial charge in [-0.1, -0.05) is 0 Å². The summed E-state index contributed by atoms with van der Waals surface area (Å²) in [5.74, 6) is 0. The normalized spacial score (nSPS) is 12.8. The molecule has 2 aromatic heterocycles. The van der Waals surface area contributed by atoms with Crippen molar-refractivity contribution in [2.24, 2.45) is 0 Å². The highest BCUT2D eigenvalue weighted by atomic mass is 79.9. The molecule has 0 aliphatic carbocycles. The van der Waals surface area contributed by atoms with Crippen LogP contribution in [-0.4, -0.2) is 10.2 Å². The van der Waals surface area contributed by atoms with Crippen LogP contribution < -0.4 is 5.32 Å². The number of hydrogen-bond donors (Lipinski definition) is 2. The van der Waals surface area contributed by atoms with E-state index in [9.17, 15) is 0 Å². The molecule has 0 saturated heterocycles. The summed E-state index contributed by atoms with van der Waals surface area (Å²) in [6.45, 7) is 2.16. The highest BCUT2D eigenvalue weighted by molar-refractivity contribution is 9.10. The summed E-state index contributed by atoms with van der Waals surface area (Å²) in [7, 11) is 0. The molecular weight excluding hydrogens is 310 g/mol. The second-order valence-electron chi connectivity index (χ2n) is 4.21. The molecule has 3 rings (SSSR count). The van der Waals surface area contributed by atoms with Crippen LogP contribution in [0.25, 0.3) is 10.9 Å². The number of thiophene rings is 1. The maximum absolute atomic E-state index is 4.03. The average Bonchev–Trinajstić information content (AvgIpc) is 2.96. The second-order valence-corrected chi connectivity index (χ2v) is 6.06. The number of hydrogen-bond acceptors (Lipinski definition) is 3. The summed E-state index contributed by atoms with van der Waals surface area (Å²) < 4.78 is 1.14. The highest BCUT2D eigenvalue weighted by Crippen LogP contribution is 2.28. The van der Waals surface area contributed by atoms with E-state index in [1.165, 1.54) is 4.88 Å². The molecule has 1 atom stereocenters. The lowest BCUT2D eigenvalue weighted by Gasteiger charge is -2.13. The molecule has 92 valence electrons. The largest absolute Gasteiger partial charge is 0.378 e. The summed E-state index contributed by atoms with van der Waals surface area (Å²) in [5, 5.41) is 13.7. The number of rotatable bonds is 3. The van der Waals surface area contributed by atoms with Gasteiger partial charge in [0.25, 0.3) is 0 Å². The van der Waals surface area contributed by atoms with E-state index in [1.54, 1.807) is 11.3 Å². The first-order valence-corrected chi connectivity index (χ1v) is 7.33. The van der Waals surface area contributed by atoms with Crippen LogP contribution in [0, 0.1) is 0 Å². The smallest absolute Gasteiger partial charge is 0.0670 e. The molecule has 0 saturated carbocycles. The van der Waals surface area contributed by atoms with Gasteiger partial charge in [-0.25, -0.2) is 0 Å².